The summed E-state index contributed by atoms with van der Waals surface area (Å²) in [4.78, 5) is 0. The van der Waals surface area contributed by atoms with E-state index in [4.69, 9.17) is 4.74 Å². The summed E-state index contributed by atoms with van der Waals surface area (Å²) in [5.74, 6) is 2.28. The molecule has 2 rings (SSSR count). The van der Waals surface area contributed by atoms with E-state index >= 15 is 0 Å². The van der Waals surface area contributed by atoms with E-state index in [-0.39, 0.29) is 0 Å². The van der Waals surface area contributed by atoms with Crippen molar-refractivity contribution in [2.75, 3.05) is 33.8 Å². The number of methoxy groups -OCH3 is 1. The lowest BCUT2D eigenvalue weighted by atomic mass is 9.85. The van der Waals surface area contributed by atoms with Crippen LogP contribution in [0.4, 0.5) is 0 Å². The Morgan fingerprint density at radius 2 is 2.18 bits per heavy atom. The van der Waals surface area contributed by atoms with Gasteiger partial charge in [-0.3, -0.25) is 0 Å². The van der Waals surface area contributed by atoms with Crippen molar-refractivity contribution >= 4 is 0 Å². The minimum absolute atomic E-state index is 0.598. The van der Waals surface area contributed by atoms with Crippen LogP contribution in [0.3, 0.4) is 0 Å². The Hall–Kier alpha value is -1.06. The van der Waals surface area contributed by atoms with Crippen molar-refractivity contribution in [3.63, 3.8) is 0 Å². The van der Waals surface area contributed by atoms with Crippen LogP contribution >= 0.6 is 0 Å². The summed E-state index contributed by atoms with van der Waals surface area (Å²) in [7, 11) is 3.74. The molecule has 17 heavy (non-hydrogen) atoms. The Morgan fingerprint density at radius 1 is 1.41 bits per heavy atom. The lowest BCUT2D eigenvalue weighted by Gasteiger charge is -2.23. The molecule has 1 aromatic rings. The third-order valence-electron chi connectivity index (χ3n) is 3.64. The number of nitrogens with one attached hydrogen (secondary N) is 2. The molecule has 0 spiro atoms. The first kappa shape index (κ1) is 12.4. The maximum absolute atomic E-state index is 5.21. The van der Waals surface area contributed by atoms with Crippen molar-refractivity contribution in [2.45, 2.75) is 12.3 Å². The van der Waals surface area contributed by atoms with Crippen molar-refractivity contribution in [2.24, 2.45) is 5.92 Å². The normalized spacial score (nSPS) is 21.4. The average Bonchev–Trinajstić information content (AvgIpc) is 2.90. The standard InChI is InChI=1S/C14H22N2O/c1-15-10-14(12-7-8-16-9-12)11-3-5-13(17-2)6-4-11/h3-6,12,14-16H,7-10H2,1-2H3. The highest BCUT2D eigenvalue weighted by Gasteiger charge is 2.25. The highest BCUT2D eigenvalue weighted by atomic mass is 16.5. The van der Waals surface area contributed by atoms with Gasteiger partial charge in [-0.05, 0) is 50.2 Å². The summed E-state index contributed by atoms with van der Waals surface area (Å²) < 4.78 is 5.21. The molecule has 1 aliphatic heterocycles. The Kier molecular flexibility index (Phi) is 4.40. The van der Waals surface area contributed by atoms with Gasteiger partial charge >= 0.3 is 0 Å². The third kappa shape index (κ3) is 2.99. The van der Waals surface area contributed by atoms with Gasteiger partial charge in [-0.2, -0.15) is 0 Å². The summed E-state index contributed by atoms with van der Waals surface area (Å²) in [6.07, 6.45) is 1.28. The molecule has 1 heterocycles. The Labute approximate surface area is 104 Å². The molecular formula is C14H22N2O. The topological polar surface area (TPSA) is 33.3 Å². The number of benzene rings is 1. The van der Waals surface area contributed by atoms with Gasteiger partial charge in [0.2, 0.25) is 0 Å². The van der Waals surface area contributed by atoms with Crippen LogP contribution in [-0.4, -0.2) is 33.8 Å². The van der Waals surface area contributed by atoms with Crippen molar-refractivity contribution in [1.29, 1.82) is 0 Å². The highest BCUT2D eigenvalue weighted by molar-refractivity contribution is 5.30. The van der Waals surface area contributed by atoms with Gasteiger partial charge in [0.05, 0.1) is 7.11 Å². The average molecular weight is 234 g/mol. The molecule has 2 atom stereocenters. The third-order valence-corrected chi connectivity index (χ3v) is 3.64. The summed E-state index contributed by atoms with van der Waals surface area (Å²) >= 11 is 0. The summed E-state index contributed by atoms with van der Waals surface area (Å²) in [6.45, 7) is 3.33. The second kappa shape index (κ2) is 6.03. The summed E-state index contributed by atoms with van der Waals surface area (Å²) in [6, 6.07) is 8.50. The largest absolute Gasteiger partial charge is 0.497 e. The number of ether oxygens (including phenoxy) is 1. The van der Waals surface area contributed by atoms with Gasteiger partial charge in [0.15, 0.2) is 0 Å². The smallest absolute Gasteiger partial charge is 0.118 e. The molecule has 2 unspecified atom stereocenters. The zero-order valence-corrected chi connectivity index (χ0v) is 10.7. The molecule has 0 aromatic heterocycles. The number of hydrogen-bond donors (Lipinski definition) is 2. The van der Waals surface area contributed by atoms with Crippen molar-refractivity contribution < 1.29 is 4.74 Å². The van der Waals surface area contributed by atoms with Crippen LogP contribution in [0.1, 0.15) is 17.9 Å². The zero-order valence-electron chi connectivity index (χ0n) is 10.7. The van der Waals surface area contributed by atoms with Crippen molar-refractivity contribution in [3.8, 4) is 5.75 Å². The molecule has 0 amide bonds. The van der Waals surface area contributed by atoms with Gasteiger partial charge in [0, 0.05) is 12.5 Å². The van der Waals surface area contributed by atoms with Crippen LogP contribution in [0.2, 0.25) is 0 Å². The van der Waals surface area contributed by atoms with E-state index < -0.39 is 0 Å². The Bertz CT molecular complexity index is 331. The number of hydrogen-bond acceptors (Lipinski definition) is 3. The molecule has 2 N–H and O–H groups in total. The highest BCUT2D eigenvalue weighted by Crippen LogP contribution is 2.29. The number of rotatable bonds is 5. The maximum Gasteiger partial charge on any atom is 0.118 e. The van der Waals surface area contributed by atoms with Crippen molar-refractivity contribution in [1.82, 2.24) is 10.6 Å². The van der Waals surface area contributed by atoms with Gasteiger partial charge in [0.1, 0.15) is 5.75 Å². The van der Waals surface area contributed by atoms with E-state index in [1.54, 1.807) is 7.11 Å². The van der Waals surface area contributed by atoms with E-state index in [1.165, 1.54) is 12.0 Å². The molecule has 1 aromatic carbocycles. The molecule has 0 aliphatic carbocycles. The minimum atomic E-state index is 0.598. The van der Waals surface area contributed by atoms with Crippen LogP contribution in [0, 0.1) is 5.92 Å². The molecule has 94 valence electrons. The van der Waals surface area contributed by atoms with E-state index in [0.717, 1.165) is 31.3 Å². The summed E-state index contributed by atoms with van der Waals surface area (Å²) in [5.41, 5.74) is 1.41. The molecule has 0 saturated carbocycles. The first-order valence-corrected chi connectivity index (χ1v) is 6.34. The second-order valence-corrected chi connectivity index (χ2v) is 4.69. The van der Waals surface area contributed by atoms with Gasteiger partial charge in [0.25, 0.3) is 0 Å². The fourth-order valence-electron chi connectivity index (χ4n) is 2.65. The first-order valence-electron chi connectivity index (χ1n) is 6.34. The van der Waals surface area contributed by atoms with Crippen LogP contribution in [0.5, 0.6) is 5.75 Å². The van der Waals surface area contributed by atoms with Gasteiger partial charge in [-0.25, -0.2) is 0 Å². The Balaban J connectivity index is 2.12. The van der Waals surface area contributed by atoms with Crippen molar-refractivity contribution in [3.05, 3.63) is 29.8 Å². The Morgan fingerprint density at radius 3 is 2.71 bits per heavy atom. The predicted octanol–water partition coefficient (Wildman–Crippen LogP) is 1.61. The van der Waals surface area contributed by atoms with E-state index in [9.17, 15) is 0 Å². The quantitative estimate of drug-likeness (QED) is 0.812. The fourth-order valence-corrected chi connectivity index (χ4v) is 2.65. The van der Waals surface area contributed by atoms with Gasteiger partial charge in [-0.15, -0.1) is 0 Å². The maximum atomic E-state index is 5.21. The van der Waals surface area contributed by atoms with E-state index in [0.29, 0.717) is 5.92 Å². The second-order valence-electron chi connectivity index (χ2n) is 4.69. The molecule has 0 radical (unpaired) electrons. The van der Waals surface area contributed by atoms with E-state index in [1.807, 2.05) is 7.05 Å². The van der Waals surface area contributed by atoms with Crippen LogP contribution < -0.4 is 15.4 Å². The molecule has 3 heteroatoms. The molecule has 3 nitrogen and oxygen atoms in total. The van der Waals surface area contributed by atoms with Crippen LogP contribution in [-0.2, 0) is 0 Å². The molecular weight excluding hydrogens is 212 g/mol. The minimum Gasteiger partial charge on any atom is -0.497 e. The summed E-state index contributed by atoms with van der Waals surface area (Å²) in [5, 5.41) is 6.76. The zero-order chi connectivity index (χ0) is 12.1. The lowest BCUT2D eigenvalue weighted by Crippen LogP contribution is -2.25. The van der Waals surface area contributed by atoms with Gasteiger partial charge in [-0.1, -0.05) is 12.1 Å². The lowest BCUT2D eigenvalue weighted by molar-refractivity contribution is 0.412. The van der Waals surface area contributed by atoms with E-state index in [2.05, 4.69) is 34.9 Å². The SMILES string of the molecule is CNCC(c1ccc(OC)cc1)C1CCNC1. The monoisotopic (exact) mass is 234 g/mol. The number of likely N-dealkylation sites (N-methyl/N-ethyl adjacent to an activating group) is 1. The van der Waals surface area contributed by atoms with Gasteiger partial charge < -0.3 is 15.4 Å². The molecule has 1 aliphatic rings. The molecule has 1 saturated heterocycles. The molecule has 1 fully saturated rings. The fraction of sp³-hybridized carbons (Fsp3) is 0.571. The van der Waals surface area contributed by atoms with Crippen LogP contribution in [0.15, 0.2) is 24.3 Å². The predicted molar refractivity (Wildman–Crippen MR) is 70.6 cm³/mol. The van der Waals surface area contributed by atoms with Crippen LogP contribution in [0.25, 0.3) is 0 Å². The molecule has 0 bridgehead atoms. The first-order chi connectivity index (χ1) is 8.35.